The van der Waals surface area contributed by atoms with Gasteiger partial charge in [-0.2, -0.15) is 0 Å². The Kier molecular flexibility index (Phi) is 4.27. The number of aryl methyl sites for hydroxylation is 1. The molecule has 19 heavy (non-hydrogen) atoms. The van der Waals surface area contributed by atoms with E-state index in [9.17, 15) is 4.79 Å². The zero-order chi connectivity index (χ0) is 14.0. The molecule has 1 fully saturated rings. The second kappa shape index (κ2) is 5.75. The van der Waals surface area contributed by atoms with Crippen molar-refractivity contribution in [3.63, 3.8) is 0 Å². The number of likely N-dealkylation sites (N-methyl/N-ethyl adjacent to an activating group) is 1. The number of nitrogens with zero attached hydrogens (tertiary/aromatic N) is 2. The van der Waals surface area contributed by atoms with Gasteiger partial charge < -0.3 is 18.9 Å². The van der Waals surface area contributed by atoms with Crippen molar-refractivity contribution >= 4 is 5.91 Å². The lowest BCUT2D eigenvalue weighted by molar-refractivity contribution is -0.0933. The number of hydrogen-bond donors (Lipinski definition) is 0. The second-order valence-corrected chi connectivity index (χ2v) is 5.10. The molecule has 2 rings (SSSR count). The highest BCUT2D eigenvalue weighted by Gasteiger charge is 2.22. The van der Waals surface area contributed by atoms with Crippen LogP contribution in [-0.4, -0.2) is 54.9 Å². The number of carbonyl (C=O) groups is 1. The number of carbonyl (C=O) groups excluding carboxylic acids is 1. The van der Waals surface area contributed by atoms with Crippen LogP contribution in [-0.2, 0) is 16.5 Å². The van der Waals surface area contributed by atoms with Crippen molar-refractivity contribution in [1.82, 2.24) is 9.47 Å². The molecule has 5 heteroatoms. The summed E-state index contributed by atoms with van der Waals surface area (Å²) in [6, 6.07) is 1.94. The minimum absolute atomic E-state index is 0.0205. The summed E-state index contributed by atoms with van der Waals surface area (Å²) in [5.41, 5.74) is 2.85. The molecule has 1 atom stereocenters. The third-order valence-electron chi connectivity index (χ3n) is 3.71. The molecule has 0 spiro atoms. The molecule has 0 aromatic carbocycles. The van der Waals surface area contributed by atoms with Crippen LogP contribution in [0.5, 0.6) is 0 Å². The molecule has 0 N–H and O–H groups in total. The third-order valence-corrected chi connectivity index (χ3v) is 3.71. The summed E-state index contributed by atoms with van der Waals surface area (Å²) in [5.74, 6) is 0.0374. The molecule has 1 aromatic rings. The van der Waals surface area contributed by atoms with E-state index >= 15 is 0 Å². The highest BCUT2D eigenvalue weighted by molar-refractivity contribution is 5.95. The van der Waals surface area contributed by atoms with Crippen LogP contribution in [0.1, 0.15) is 21.7 Å². The van der Waals surface area contributed by atoms with E-state index in [4.69, 9.17) is 9.47 Å². The topological polar surface area (TPSA) is 43.7 Å². The Morgan fingerprint density at radius 3 is 2.74 bits per heavy atom. The molecule has 0 radical (unpaired) electrons. The first-order valence-electron chi connectivity index (χ1n) is 6.58. The molecular formula is C14H22N2O3. The summed E-state index contributed by atoms with van der Waals surface area (Å²) in [5, 5.41) is 0. The van der Waals surface area contributed by atoms with E-state index in [0.29, 0.717) is 26.4 Å². The Hall–Kier alpha value is -1.33. The van der Waals surface area contributed by atoms with Crippen molar-refractivity contribution in [2.75, 3.05) is 33.4 Å². The van der Waals surface area contributed by atoms with Crippen molar-refractivity contribution in [3.8, 4) is 0 Å². The number of amides is 1. The zero-order valence-electron chi connectivity index (χ0n) is 12.1. The molecule has 106 valence electrons. The summed E-state index contributed by atoms with van der Waals surface area (Å²) in [4.78, 5) is 14.1. The third kappa shape index (κ3) is 2.98. The Morgan fingerprint density at radius 1 is 1.47 bits per heavy atom. The van der Waals surface area contributed by atoms with Crippen molar-refractivity contribution in [2.45, 2.75) is 20.0 Å². The van der Waals surface area contributed by atoms with E-state index < -0.39 is 0 Å². The van der Waals surface area contributed by atoms with Crippen molar-refractivity contribution < 1.29 is 14.3 Å². The predicted octanol–water partition coefficient (Wildman–Crippen LogP) is 1.13. The lowest BCUT2D eigenvalue weighted by atomic mass is 10.2. The molecule has 1 aromatic heterocycles. The van der Waals surface area contributed by atoms with Gasteiger partial charge >= 0.3 is 0 Å². The normalized spacial score (nSPS) is 19.5. The van der Waals surface area contributed by atoms with E-state index in [1.165, 1.54) is 0 Å². The fourth-order valence-corrected chi connectivity index (χ4v) is 2.31. The lowest BCUT2D eigenvalue weighted by Crippen LogP contribution is -2.40. The van der Waals surface area contributed by atoms with Gasteiger partial charge in [0.15, 0.2) is 0 Å². The molecule has 1 unspecified atom stereocenters. The molecule has 1 aliphatic heterocycles. The van der Waals surface area contributed by atoms with Gasteiger partial charge in [-0.25, -0.2) is 0 Å². The minimum atomic E-state index is -0.0205. The van der Waals surface area contributed by atoms with Crippen LogP contribution in [0, 0.1) is 13.8 Å². The molecular weight excluding hydrogens is 244 g/mol. The Labute approximate surface area is 114 Å². The molecule has 2 heterocycles. The molecule has 0 saturated carbocycles. The highest BCUT2D eigenvalue weighted by atomic mass is 16.6. The number of hydrogen-bond acceptors (Lipinski definition) is 3. The first-order chi connectivity index (χ1) is 9.00. The van der Waals surface area contributed by atoms with Gasteiger partial charge in [0.25, 0.3) is 5.91 Å². The maximum absolute atomic E-state index is 12.4. The lowest BCUT2D eigenvalue weighted by Gasteiger charge is -2.27. The number of aromatic nitrogens is 1. The smallest absolute Gasteiger partial charge is 0.255 e. The van der Waals surface area contributed by atoms with Gasteiger partial charge in [0.1, 0.15) is 0 Å². The molecule has 5 nitrogen and oxygen atoms in total. The van der Waals surface area contributed by atoms with Gasteiger partial charge in [0, 0.05) is 32.0 Å². The first-order valence-corrected chi connectivity index (χ1v) is 6.58. The van der Waals surface area contributed by atoms with Gasteiger partial charge in [-0.1, -0.05) is 0 Å². The van der Waals surface area contributed by atoms with Crippen molar-refractivity contribution in [3.05, 3.63) is 23.0 Å². The van der Waals surface area contributed by atoms with E-state index in [1.54, 1.807) is 4.90 Å². The number of rotatable bonds is 3. The van der Waals surface area contributed by atoms with E-state index in [1.807, 2.05) is 38.6 Å². The van der Waals surface area contributed by atoms with Gasteiger partial charge in [-0.15, -0.1) is 0 Å². The highest BCUT2D eigenvalue weighted by Crippen LogP contribution is 2.15. The van der Waals surface area contributed by atoms with E-state index in [2.05, 4.69) is 0 Å². The van der Waals surface area contributed by atoms with Crippen LogP contribution < -0.4 is 0 Å². The van der Waals surface area contributed by atoms with E-state index in [0.717, 1.165) is 17.0 Å². The van der Waals surface area contributed by atoms with Crippen molar-refractivity contribution in [2.24, 2.45) is 7.05 Å². The maximum Gasteiger partial charge on any atom is 0.255 e. The molecule has 1 amide bonds. The van der Waals surface area contributed by atoms with Crippen LogP contribution in [0.3, 0.4) is 0 Å². The zero-order valence-corrected chi connectivity index (χ0v) is 12.1. The largest absolute Gasteiger partial charge is 0.376 e. The Bertz CT molecular complexity index is 462. The summed E-state index contributed by atoms with van der Waals surface area (Å²) in [6.07, 6.45) is -0.0205. The van der Waals surface area contributed by atoms with Crippen LogP contribution >= 0.6 is 0 Å². The Balaban J connectivity index is 2.03. The fourth-order valence-electron chi connectivity index (χ4n) is 2.31. The van der Waals surface area contributed by atoms with Crippen molar-refractivity contribution in [1.29, 1.82) is 0 Å². The standard InChI is InChI=1S/C14H22N2O3/c1-10-7-13(11(2)16(10)4)14(17)15(3)8-12-9-18-5-6-19-12/h7,12H,5-6,8-9H2,1-4H3. The SMILES string of the molecule is Cc1cc(C(=O)N(C)CC2COCCO2)c(C)n1C. The van der Waals surface area contributed by atoms with E-state index in [-0.39, 0.29) is 12.0 Å². The average Bonchev–Trinajstić information content (AvgIpc) is 2.67. The Morgan fingerprint density at radius 2 is 2.21 bits per heavy atom. The summed E-state index contributed by atoms with van der Waals surface area (Å²) in [7, 11) is 3.78. The monoisotopic (exact) mass is 266 g/mol. The van der Waals surface area contributed by atoms with Crippen LogP contribution in [0.25, 0.3) is 0 Å². The summed E-state index contributed by atoms with van der Waals surface area (Å²) < 4.78 is 12.9. The fraction of sp³-hybridized carbons (Fsp3) is 0.643. The summed E-state index contributed by atoms with van der Waals surface area (Å²) in [6.45, 7) is 6.34. The number of ether oxygens (including phenoxy) is 2. The van der Waals surface area contributed by atoms with Crippen LogP contribution in [0.15, 0.2) is 6.07 Å². The van der Waals surface area contributed by atoms with Crippen LogP contribution in [0.4, 0.5) is 0 Å². The quantitative estimate of drug-likeness (QED) is 0.823. The van der Waals surface area contributed by atoms with Gasteiger partial charge in [0.2, 0.25) is 0 Å². The molecule has 1 saturated heterocycles. The first kappa shape index (κ1) is 14.1. The molecule has 1 aliphatic rings. The van der Waals surface area contributed by atoms with Gasteiger partial charge in [-0.3, -0.25) is 4.79 Å². The minimum Gasteiger partial charge on any atom is -0.376 e. The maximum atomic E-state index is 12.4. The predicted molar refractivity (Wildman–Crippen MR) is 72.4 cm³/mol. The molecule has 0 bridgehead atoms. The summed E-state index contributed by atoms with van der Waals surface area (Å²) >= 11 is 0. The molecule has 0 aliphatic carbocycles. The van der Waals surface area contributed by atoms with Gasteiger partial charge in [0.05, 0.1) is 31.5 Å². The average molecular weight is 266 g/mol. The van der Waals surface area contributed by atoms with Crippen LogP contribution in [0.2, 0.25) is 0 Å². The van der Waals surface area contributed by atoms with Gasteiger partial charge in [-0.05, 0) is 19.9 Å². The second-order valence-electron chi connectivity index (χ2n) is 5.10.